The van der Waals surface area contributed by atoms with Crippen molar-refractivity contribution in [3.8, 4) is 0 Å². The third-order valence-electron chi connectivity index (χ3n) is 15.8. The molecule has 2 unspecified atom stereocenters. The van der Waals surface area contributed by atoms with Crippen molar-refractivity contribution in [2.24, 2.45) is 0 Å². The molecule has 0 heterocycles. The summed E-state index contributed by atoms with van der Waals surface area (Å²) in [5, 5.41) is 0. The Hall–Kier alpha value is -3.33. The smallest absolute Gasteiger partial charge is 0.462 e. The summed E-state index contributed by atoms with van der Waals surface area (Å²) in [6.45, 7) is 4.34. The number of unbranched alkanes of at least 4 members (excludes halogenated alkanes) is 35. The number of allylic oxidation sites excluding steroid dienone is 18. The predicted octanol–water partition coefficient (Wildman–Crippen LogP) is 24.1. The average Bonchev–Trinajstić information content (AvgIpc) is 3.57. The minimum absolute atomic E-state index is 0.0288. The Labute approximate surface area is 544 Å². The van der Waals surface area contributed by atoms with E-state index in [1.807, 2.05) is 21.1 Å². The number of ether oxygens (including phenoxy) is 2. The first kappa shape index (κ1) is 84.7. The van der Waals surface area contributed by atoms with E-state index in [1.165, 1.54) is 199 Å². The fourth-order valence-electron chi connectivity index (χ4n) is 10.2. The molecule has 0 aliphatic carbocycles. The highest BCUT2D eigenvalue weighted by Gasteiger charge is 2.27. The SMILES string of the molecule is CC/C=C\C/C=C\C/C=C\C/C=C\C/C=C\C/C=C\C/C=C\CCCCCCCCCCCCCCCC(=O)OC(COC(=O)CCCCCCCCCCCCCCCCCCC/C=C\C/C=C\CCCCCCC)COP(=O)(O)OCC[N+](C)(C)C. The maximum atomic E-state index is 12.9. The molecule has 2 atom stereocenters. The number of nitrogens with zero attached hydrogens (tertiary/aromatic N) is 1. The summed E-state index contributed by atoms with van der Waals surface area (Å²) in [5.41, 5.74) is 0. The van der Waals surface area contributed by atoms with Crippen LogP contribution in [0.2, 0.25) is 0 Å². The number of phosphoric acid groups is 1. The lowest BCUT2D eigenvalue weighted by Crippen LogP contribution is -2.37. The van der Waals surface area contributed by atoms with Gasteiger partial charge in [-0.15, -0.1) is 0 Å². The van der Waals surface area contributed by atoms with Gasteiger partial charge in [-0.25, -0.2) is 4.57 Å². The van der Waals surface area contributed by atoms with Crippen LogP contribution in [-0.4, -0.2) is 74.9 Å². The molecule has 508 valence electrons. The summed E-state index contributed by atoms with van der Waals surface area (Å²) < 4.78 is 34.8. The van der Waals surface area contributed by atoms with Gasteiger partial charge in [-0.1, -0.05) is 316 Å². The quantitative estimate of drug-likeness (QED) is 0.0211. The summed E-state index contributed by atoms with van der Waals surface area (Å²) in [6, 6.07) is 0. The van der Waals surface area contributed by atoms with Gasteiger partial charge in [-0.2, -0.15) is 0 Å². The van der Waals surface area contributed by atoms with Crippen molar-refractivity contribution in [1.29, 1.82) is 0 Å². The first-order valence-corrected chi connectivity index (χ1v) is 38.1. The Kier molecular flexibility index (Phi) is 65.5. The average molecular weight is 1250 g/mol. The number of rotatable bonds is 67. The summed E-state index contributed by atoms with van der Waals surface area (Å²) in [6.07, 6.45) is 96.3. The molecule has 9 nitrogen and oxygen atoms in total. The van der Waals surface area contributed by atoms with Crippen LogP contribution in [0.15, 0.2) is 109 Å². The van der Waals surface area contributed by atoms with E-state index in [0.717, 1.165) is 89.9 Å². The Morgan fingerprint density at radius 1 is 0.364 bits per heavy atom. The van der Waals surface area contributed by atoms with Gasteiger partial charge >= 0.3 is 19.8 Å². The number of esters is 2. The zero-order valence-corrected chi connectivity index (χ0v) is 58.8. The molecule has 0 fully saturated rings. The molecule has 88 heavy (non-hydrogen) atoms. The molecule has 0 spiro atoms. The fraction of sp³-hybridized carbons (Fsp3) is 0.744. The van der Waals surface area contributed by atoms with Gasteiger partial charge in [-0.05, 0) is 103 Å². The zero-order valence-electron chi connectivity index (χ0n) is 57.9. The van der Waals surface area contributed by atoms with Gasteiger partial charge in [-0.3, -0.25) is 18.6 Å². The lowest BCUT2D eigenvalue weighted by molar-refractivity contribution is -0.870. The molecule has 0 saturated carbocycles. The Morgan fingerprint density at radius 2 is 0.648 bits per heavy atom. The summed E-state index contributed by atoms with van der Waals surface area (Å²) >= 11 is 0. The molecule has 0 bridgehead atoms. The van der Waals surface area contributed by atoms with Crippen LogP contribution in [0.3, 0.4) is 0 Å². The predicted molar refractivity (Wildman–Crippen MR) is 381 cm³/mol. The molecule has 10 heteroatoms. The van der Waals surface area contributed by atoms with Crippen molar-refractivity contribution >= 4 is 19.8 Å². The molecule has 0 aliphatic rings. The standard InChI is InChI=1S/C78H138NO8P/c1-6-8-10-12-14-16-18-20-22-24-26-28-30-32-34-36-37-38-39-40-41-43-45-47-49-51-53-55-57-59-61-63-65-67-69-71-78(81)87-76(75-86-88(82,83)85-73-72-79(3,4)5)74-84-77(80)70-68-66-64-62-60-58-56-54-52-50-48-46-44-42-35-33-31-29-27-25-23-21-19-17-15-13-11-9-7-2/h8,10,14,16,19-22,25-28,32,34,37-38,40-41,76H,6-7,9,11-13,15,17-18,23-24,29-31,33,35-36,39,42-75H2,1-5H3/p+1/b10-8-,16-14-,21-19-,22-20-,27-25-,28-26-,34-32-,38-37-,41-40-. The lowest BCUT2D eigenvalue weighted by Gasteiger charge is -2.24. The molecule has 0 rings (SSSR count). The van der Waals surface area contributed by atoms with E-state index in [2.05, 4.69) is 123 Å². The number of carbonyl (C=O) groups is 2. The molecule has 0 aromatic heterocycles. The largest absolute Gasteiger partial charge is 0.472 e. The maximum absolute atomic E-state index is 12.9. The van der Waals surface area contributed by atoms with E-state index < -0.39 is 26.5 Å². The third-order valence-corrected chi connectivity index (χ3v) is 16.8. The van der Waals surface area contributed by atoms with Crippen LogP contribution in [0.1, 0.15) is 322 Å². The number of phosphoric ester groups is 1. The van der Waals surface area contributed by atoms with Crippen molar-refractivity contribution < 1.29 is 42.1 Å². The van der Waals surface area contributed by atoms with Crippen LogP contribution in [-0.2, 0) is 32.7 Å². The molecule has 0 radical (unpaired) electrons. The number of hydrogen-bond donors (Lipinski definition) is 1. The van der Waals surface area contributed by atoms with Gasteiger partial charge in [0.05, 0.1) is 27.7 Å². The highest BCUT2D eigenvalue weighted by molar-refractivity contribution is 7.47. The Bertz CT molecular complexity index is 1850. The second kappa shape index (κ2) is 68.0. The molecule has 1 N–H and O–H groups in total. The Morgan fingerprint density at radius 3 is 0.966 bits per heavy atom. The minimum atomic E-state index is -4.40. The van der Waals surface area contributed by atoms with E-state index >= 15 is 0 Å². The van der Waals surface area contributed by atoms with E-state index in [4.69, 9.17) is 18.5 Å². The number of carbonyl (C=O) groups excluding carboxylic acids is 2. The molecule has 0 aromatic rings. The minimum Gasteiger partial charge on any atom is -0.462 e. The van der Waals surface area contributed by atoms with Crippen LogP contribution in [0.25, 0.3) is 0 Å². The summed E-state index contributed by atoms with van der Waals surface area (Å²) in [4.78, 5) is 35.9. The second-order valence-corrected chi connectivity index (χ2v) is 27.0. The van der Waals surface area contributed by atoms with Crippen LogP contribution < -0.4 is 0 Å². The molecule has 0 amide bonds. The molecule has 0 saturated heterocycles. The molecule has 0 aromatic carbocycles. The summed E-state index contributed by atoms with van der Waals surface area (Å²) in [7, 11) is 1.48. The van der Waals surface area contributed by atoms with Crippen molar-refractivity contribution in [1.82, 2.24) is 0 Å². The second-order valence-electron chi connectivity index (χ2n) is 25.6. The fourth-order valence-corrected chi connectivity index (χ4v) is 10.9. The van der Waals surface area contributed by atoms with Gasteiger partial charge in [0.1, 0.15) is 19.8 Å². The van der Waals surface area contributed by atoms with Crippen molar-refractivity contribution in [3.05, 3.63) is 109 Å². The first-order chi connectivity index (χ1) is 43.0. The molecular formula is C78H139NO8P+. The van der Waals surface area contributed by atoms with Crippen LogP contribution in [0.5, 0.6) is 0 Å². The van der Waals surface area contributed by atoms with Crippen LogP contribution in [0.4, 0.5) is 0 Å². The Balaban J connectivity index is 4.04. The first-order valence-electron chi connectivity index (χ1n) is 36.6. The van der Waals surface area contributed by atoms with E-state index in [-0.39, 0.29) is 32.0 Å². The number of likely N-dealkylation sites (N-methyl/N-ethyl adjacent to an activating group) is 1. The molecular weight excluding hydrogens is 1110 g/mol. The van der Waals surface area contributed by atoms with Gasteiger partial charge < -0.3 is 18.9 Å². The lowest BCUT2D eigenvalue weighted by atomic mass is 10.0. The number of quaternary nitrogens is 1. The highest BCUT2D eigenvalue weighted by atomic mass is 31.2. The van der Waals surface area contributed by atoms with Crippen molar-refractivity contribution in [3.63, 3.8) is 0 Å². The topological polar surface area (TPSA) is 108 Å². The summed E-state index contributed by atoms with van der Waals surface area (Å²) in [5.74, 6) is -0.791. The van der Waals surface area contributed by atoms with Crippen molar-refractivity contribution in [2.45, 2.75) is 328 Å². The van der Waals surface area contributed by atoms with Gasteiger partial charge in [0.25, 0.3) is 0 Å². The van der Waals surface area contributed by atoms with Crippen LogP contribution in [0, 0.1) is 0 Å². The van der Waals surface area contributed by atoms with Gasteiger partial charge in [0.2, 0.25) is 0 Å². The third kappa shape index (κ3) is 71.7. The van der Waals surface area contributed by atoms with Gasteiger partial charge in [0.15, 0.2) is 6.10 Å². The van der Waals surface area contributed by atoms with E-state index in [0.29, 0.717) is 17.4 Å². The monoisotopic (exact) mass is 1250 g/mol. The maximum Gasteiger partial charge on any atom is 0.472 e. The van der Waals surface area contributed by atoms with E-state index in [9.17, 15) is 19.0 Å². The normalized spacial score (nSPS) is 13.8. The highest BCUT2D eigenvalue weighted by Crippen LogP contribution is 2.43. The van der Waals surface area contributed by atoms with Gasteiger partial charge in [0, 0.05) is 12.8 Å². The zero-order chi connectivity index (χ0) is 64.1. The van der Waals surface area contributed by atoms with Crippen LogP contribution >= 0.6 is 7.82 Å². The number of hydrogen-bond acceptors (Lipinski definition) is 7. The van der Waals surface area contributed by atoms with Crippen molar-refractivity contribution in [2.75, 3.05) is 47.5 Å². The van der Waals surface area contributed by atoms with E-state index in [1.54, 1.807) is 0 Å². The molecule has 0 aliphatic heterocycles.